The Kier molecular flexibility index (Phi) is 6.80. The van der Waals surface area contributed by atoms with Gasteiger partial charge in [0, 0.05) is 0 Å². The second-order valence-corrected chi connectivity index (χ2v) is 6.85. The van der Waals surface area contributed by atoms with E-state index in [4.69, 9.17) is 9.47 Å². The maximum Gasteiger partial charge on any atom is 0.343 e. The summed E-state index contributed by atoms with van der Waals surface area (Å²) in [4.78, 5) is 25.2. The monoisotopic (exact) mass is 388 g/mol. The van der Waals surface area contributed by atoms with Crippen LogP contribution in [0.4, 0.5) is 0 Å². The van der Waals surface area contributed by atoms with Gasteiger partial charge in [-0.05, 0) is 61.2 Å². The molecule has 0 aliphatic carbocycles. The Morgan fingerprint density at radius 1 is 0.793 bits per heavy atom. The van der Waals surface area contributed by atoms with Gasteiger partial charge in [-0.2, -0.15) is 0 Å². The van der Waals surface area contributed by atoms with E-state index in [1.807, 2.05) is 25.1 Å². The molecule has 0 heterocycles. The maximum atomic E-state index is 12.6. The Balaban J connectivity index is 1.93. The van der Waals surface area contributed by atoms with Crippen molar-refractivity contribution < 1.29 is 19.1 Å². The van der Waals surface area contributed by atoms with E-state index in [2.05, 4.69) is 6.92 Å². The van der Waals surface area contributed by atoms with Crippen molar-refractivity contribution in [2.45, 2.75) is 33.1 Å². The van der Waals surface area contributed by atoms with Gasteiger partial charge < -0.3 is 9.47 Å². The molecular weight excluding hydrogens is 364 g/mol. The van der Waals surface area contributed by atoms with Gasteiger partial charge in [-0.25, -0.2) is 9.59 Å². The molecule has 0 radical (unpaired) electrons. The molecule has 3 aromatic rings. The molecule has 29 heavy (non-hydrogen) atoms. The first kappa shape index (κ1) is 20.3. The molecule has 0 unspecified atom stereocenters. The van der Waals surface area contributed by atoms with E-state index in [1.165, 1.54) is 0 Å². The van der Waals surface area contributed by atoms with Gasteiger partial charge in [0.2, 0.25) is 0 Å². The topological polar surface area (TPSA) is 52.6 Å². The molecule has 0 bridgehead atoms. The minimum Gasteiger partial charge on any atom is -0.419 e. The average Bonchev–Trinajstić information content (AvgIpc) is 2.75. The molecule has 4 heteroatoms. The molecule has 0 fully saturated rings. The lowest BCUT2D eigenvalue weighted by Gasteiger charge is -2.15. The van der Waals surface area contributed by atoms with Crippen LogP contribution in [0.2, 0.25) is 0 Å². The highest BCUT2D eigenvalue weighted by Crippen LogP contribution is 2.34. The van der Waals surface area contributed by atoms with Crippen molar-refractivity contribution in [2.75, 3.05) is 0 Å². The smallest absolute Gasteiger partial charge is 0.343 e. The lowest BCUT2D eigenvalue weighted by atomic mass is 10.0. The molecule has 4 nitrogen and oxygen atoms in total. The molecule has 148 valence electrons. The zero-order valence-electron chi connectivity index (χ0n) is 16.7. The van der Waals surface area contributed by atoms with Gasteiger partial charge in [-0.1, -0.05) is 55.8 Å². The zero-order valence-corrected chi connectivity index (χ0v) is 16.7. The minimum absolute atomic E-state index is 0.259. The summed E-state index contributed by atoms with van der Waals surface area (Å²) >= 11 is 0. The Hall–Kier alpha value is -3.40. The second kappa shape index (κ2) is 9.69. The lowest BCUT2D eigenvalue weighted by molar-refractivity contribution is 0.0681. The fourth-order valence-corrected chi connectivity index (χ4v) is 3.00. The number of carbonyl (C=O) groups excluding carboxylic acids is 2. The predicted molar refractivity (Wildman–Crippen MR) is 113 cm³/mol. The summed E-state index contributed by atoms with van der Waals surface area (Å²) in [5.41, 5.74) is 2.66. The molecular formula is C25H24O4. The van der Waals surface area contributed by atoms with E-state index < -0.39 is 11.9 Å². The van der Waals surface area contributed by atoms with Gasteiger partial charge in [-0.15, -0.1) is 0 Å². The van der Waals surface area contributed by atoms with Crippen LogP contribution in [0.3, 0.4) is 0 Å². The number of benzene rings is 3. The first-order valence-electron chi connectivity index (χ1n) is 9.76. The van der Waals surface area contributed by atoms with Gasteiger partial charge in [0.1, 0.15) is 0 Å². The molecule has 0 atom stereocenters. The number of ether oxygens (including phenoxy) is 2. The van der Waals surface area contributed by atoms with Crippen LogP contribution in [0.25, 0.3) is 0 Å². The van der Waals surface area contributed by atoms with E-state index in [9.17, 15) is 9.59 Å². The Bertz CT molecular complexity index is 978. The molecule has 0 saturated carbocycles. The molecule has 0 amide bonds. The van der Waals surface area contributed by atoms with Gasteiger partial charge in [-0.3, -0.25) is 0 Å². The van der Waals surface area contributed by atoms with Crippen LogP contribution in [0, 0.1) is 6.92 Å². The first-order valence-corrected chi connectivity index (χ1v) is 9.76. The fourth-order valence-electron chi connectivity index (χ4n) is 3.00. The standard InChI is InChI=1S/C25H24O4/c1-3-4-11-19-16-18(2)23(29-25(27)21-14-9-6-10-15-21)22(17-19)28-24(26)20-12-7-5-8-13-20/h5-10,12-17H,3-4,11H2,1-2H3. The highest BCUT2D eigenvalue weighted by molar-refractivity contribution is 5.93. The fraction of sp³-hybridized carbons (Fsp3) is 0.200. The quantitative estimate of drug-likeness (QED) is 0.380. The van der Waals surface area contributed by atoms with E-state index >= 15 is 0 Å². The van der Waals surface area contributed by atoms with Crippen LogP contribution >= 0.6 is 0 Å². The summed E-state index contributed by atoms with van der Waals surface area (Å²) in [7, 11) is 0. The number of aryl methyl sites for hydroxylation is 2. The van der Waals surface area contributed by atoms with E-state index in [-0.39, 0.29) is 11.5 Å². The molecule has 0 N–H and O–H groups in total. The zero-order chi connectivity index (χ0) is 20.6. The van der Waals surface area contributed by atoms with Crippen molar-refractivity contribution >= 4 is 11.9 Å². The summed E-state index contributed by atoms with van der Waals surface area (Å²) in [6.45, 7) is 3.97. The molecule has 3 rings (SSSR count). The van der Waals surface area contributed by atoms with Crippen LogP contribution in [0.5, 0.6) is 11.5 Å². The summed E-state index contributed by atoms with van der Waals surface area (Å²) in [5, 5.41) is 0. The van der Waals surface area contributed by atoms with Crippen molar-refractivity contribution in [3.05, 3.63) is 95.1 Å². The lowest BCUT2D eigenvalue weighted by Crippen LogP contribution is -2.13. The molecule has 0 saturated heterocycles. The largest absolute Gasteiger partial charge is 0.419 e. The number of unbranched alkanes of at least 4 members (excludes halogenated alkanes) is 1. The van der Waals surface area contributed by atoms with Crippen molar-refractivity contribution in [3.8, 4) is 11.5 Å². The third kappa shape index (κ3) is 5.32. The van der Waals surface area contributed by atoms with E-state index in [1.54, 1.807) is 54.6 Å². The van der Waals surface area contributed by atoms with Crippen molar-refractivity contribution in [1.29, 1.82) is 0 Å². The van der Waals surface area contributed by atoms with E-state index in [0.717, 1.165) is 30.4 Å². The third-order valence-electron chi connectivity index (χ3n) is 4.54. The minimum atomic E-state index is -0.494. The number of rotatable bonds is 7. The Morgan fingerprint density at radius 3 is 1.90 bits per heavy atom. The summed E-state index contributed by atoms with van der Waals surface area (Å²) in [6, 6.07) is 21.3. The van der Waals surface area contributed by atoms with Crippen LogP contribution in [0.1, 0.15) is 51.6 Å². The number of hydrogen-bond donors (Lipinski definition) is 0. The van der Waals surface area contributed by atoms with Gasteiger partial charge >= 0.3 is 11.9 Å². The number of hydrogen-bond acceptors (Lipinski definition) is 4. The van der Waals surface area contributed by atoms with Crippen LogP contribution in [-0.2, 0) is 6.42 Å². The second-order valence-electron chi connectivity index (χ2n) is 6.85. The number of carbonyl (C=O) groups is 2. The third-order valence-corrected chi connectivity index (χ3v) is 4.54. The number of esters is 2. The van der Waals surface area contributed by atoms with Crippen molar-refractivity contribution in [2.24, 2.45) is 0 Å². The highest BCUT2D eigenvalue weighted by atomic mass is 16.6. The van der Waals surface area contributed by atoms with Gasteiger partial charge in [0.15, 0.2) is 11.5 Å². The summed E-state index contributed by atoms with van der Waals surface area (Å²) < 4.78 is 11.3. The van der Waals surface area contributed by atoms with Gasteiger partial charge in [0.25, 0.3) is 0 Å². The van der Waals surface area contributed by atoms with E-state index in [0.29, 0.717) is 11.1 Å². The SMILES string of the molecule is CCCCc1cc(C)c(OC(=O)c2ccccc2)c(OC(=O)c2ccccc2)c1. The molecule has 0 spiro atoms. The Morgan fingerprint density at radius 2 is 1.34 bits per heavy atom. The van der Waals surface area contributed by atoms with Crippen LogP contribution in [0.15, 0.2) is 72.8 Å². The first-order chi connectivity index (χ1) is 14.1. The Labute approximate surface area is 171 Å². The molecule has 0 aliphatic rings. The maximum absolute atomic E-state index is 12.6. The molecule has 0 aliphatic heterocycles. The van der Waals surface area contributed by atoms with Crippen molar-refractivity contribution in [1.82, 2.24) is 0 Å². The van der Waals surface area contributed by atoms with Gasteiger partial charge in [0.05, 0.1) is 11.1 Å². The molecule has 3 aromatic carbocycles. The average molecular weight is 388 g/mol. The van der Waals surface area contributed by atoms with Crippen LogP contribution < -0.4 is 9.47 Å². The predicted octanol–water partition coefficient (Wildman–Crippen LogP) is 5.78. The van der Waals surface area contributed by atoms with Crippen molar-refractivity contribution in [3.63, 3.8) is 0 Å². The van der Waals surface area contributed by atoms with Crippen LogP contribution in [-0.4, -0.2) is 11.9 Å². The summed E-state index contributed by atoms with van der Waals surface area (Å²) in [5.74, 6) is -0.459. The normalized spacial score (nSPS) is 10.4. The molecule has 0 aromatic heterocycles. The highest BCUT2D eigenvalue weighted by Gasteiger charge is 2.19. The summed E-state index contributed by atoms with van der Waals surface area (Å²) in [6.07, 6.45) is 2.94.